The molecular weight excluding hydrogens is 259 g/mol. The molecule has 0 bridgehead atoms. The van der Waals surface area contributed by atoms with Crippen LogP contribution in [0.1, 0.15) is 22.9 Å². The van der Waals surface area contributed by atoms with E-state index in [4.69, 9.17) is 0 Å². The molecule has 0 aliphatic carbocycles. The van der Waals surface area contributed by atoms with E-state index in [1.165, 1.54) is 15.6 Å². The molecular formula is C15H16Se. The van der Waals surface area contributed by atoms with Crippen LogP contribution in [0.3, 0.4) is 0 Å². The molecule has 0 aliphatic heterocycles. The van der Waals surface area contributed by atoms with Crippen LogP contribution in [-0.2, 0) is 0 Å². The van der Waals surface area contributed by atoms with Gasteiger partial charge < -0.3 is 0 Å². The molecule has 2 aromatic carbocycles. The molecule has 0 aromatic heterocycles. The molecule has 82 valence electrons. The molecule has 0 radical (unpaired) electrons. The van der Waals surface area contributed by atoms with Crippen molar-refractivity contribution in [2.24, 2.45) is 0 Å². The molecule has 0 heterocycles. The molecule has 2 rings (SSSR count). The summed E-state index contributed by atoms with van der Waals surface area (Å²) in [4.78, 5) is 0.649. The molecule has 0 nitrogen and oxygen atoms in total. The Morgan fingerprint density at radius 2 is 1.50 bits per heavy atom. The fourth-order valence-electron chi connectivity index (χ4n) is 1.61. The minimum atomic E-state index is 0.524. The van der Waals surface area contributed by atoms with Gasteiger partial charge in [-0.25, -0.2) is 0 Å². The van der Waals surface area contributed by atoms with E-state index in [0.717, 1.165) is 0 Å². The SMILES string of the molecule is Cc1ccc([C@H](C)[Se]c2ccccc2)cc1. The van der Waals surface area contributed by atoms with Gasteiger partial charge in [0.15, 0.2) is 0 Å². The summed E-state index contributed by atoms with van der Waals surface area (Å²) >= 11 is 0.524. The van der Waals surface area contributed by atoms with Gasteiger partial charge in [0.2, 0.25) is 0 Å². The summed E-state index contributed by atoms with van der Waals surface area (Å²) in [6.45, 7) is 4.45. The third-order valence-electron chi connectivity index (χ3n) is 2.60. The van der Waals surface area contributed by atoms with Gasteiger partial charge in [-0.3, -0.25) is 0 Å². The molecule has 0 unspecified atom stereocenters. The number of rotatable bonds is 3. The number of hydrogen-bond donors (Lipinski definition) is 0. The average molecular weight is 275 g/mol. The van der Waals surface area contributed by atoms with Gasteiger partial charge in [-0.05, 0) is 0 Å². The molecule has 0 saturated carbocycles. The van der Waals surface area contributed by atoms with Crippen molar-refractivity contribution in [1.82, 2.24) is 0 Å². The summed E-state index contributed by atoms with van der Waals surface area (Å²) in [6.07, 6.45) is 0. The van der Waals surface area contributed by atoms with Crippen molar-refractivity contribution in [2.75, 3.05) is 0 Å². The van der Waals surface area contributed by atoms with Crippen LogP contribution < -0.4 is 4.46 Å². The predicted molar refractivity (Wildman–Crippen MR) is 71.4 cm³/mol. The van der Waals surface area contributed by atoms with Crippen molar-refractivity contribution >= 4 is 19.4 Å². The number of hydrogen-bond acceptors (Lipinski definition) is 0. The second kappa shape index (κ2) is 5.34. The number of aryl methyl sites for hydroxylation is 1. The van der Waals surface area contributed by atoms with E-state index < -0.39 is 0 Å². The molecule has 0 saturated heterocycles. The van der Waals surface area contributed by atoms with Gasteiger partial charge in [-0.1, -0.05) is 0 Å². The monoisotopic (exact) mass is 276 g/mol. The van der Waals surface area contributed by atoms with E-state index in [1.807, 2.05) is 0 Å². The van der Waals surface area contributed by atoms with Crippen molar-refractivity contribution in [3.05, 3.63) is 65.7 Å². The Labute approximate surface area is 104 Å². The Morgan fingerprint density at radius 3 is 2.12 bits per heavy atom. The van der Waals surface area contributed by atoms with E-state index in [-0.39, 0.29) is 0 Å². The summed E-state index contributed by atoms with van der Waals surface area (Å²) < 4.78 is 1.48. The zero-order valence-corrected chi connectivity index (χ0v) is 11.4. The zero-order valence-electron chi connectivity index (χ0n) is 9.68. The van der Waals surface area contributed by atoms with Crippen LogP contribution >= 0.6 is 0 Å². The Kier molecular flexibility index (Phi) is 3.82. The van der Waals surface area contributed by atoms with Gasteiger partial charge in [-0.15, -0.1) is 0 Å². The summed E-state index contributed by atoms with van der Waals surface area (Å²) in [5.41, 5.74) is 2.79. The van der Waals surface area contributed by atoms with E-state index in [1.54, 1.807) is 0 Å². The summed E-state index contributed by atoms with van der Waals surface area (Å²) in [6, 6.07) is 19.7. The van der Waals surface area contributed by atoms with Gasteiger partial charge in [0.1, 0.15) is 0 Å². The van der Waals surface area contributed by atoms with E-state index in [2.05, 4.69) is 68.4 Å². The first-order valence-electron chi connectivity index (χ1n) is 5.54. The van der Waals surface area contributed by atoms with E-state index in [9.17, 15) is 0 Å². The summed E-state index contributed by atoms with van der Waals surface area (Å²) in [7, 11) is 0. The maximum absolute atomic E-state index is 2.32. The normalized spacial score (nSPS) is 12.4. The summed E-state index contributed by atoms with van der Waals surface area (Å²) in [5, 5.41) is 0. The molecule has 0 aliphatic rings. The Morgan fingerprint density at radius 1 is 0.875 bits per heavy atom. The summed E-state index contributed by atoms with van der Waals surface area (Å²) in [5.74, 6) is 0. The van der Waals surface area contributed by atoms with Gasteiger partial charge in [0.05, 0.1) is 0 Å². The van der Waals surface area contributed by atoms with Crippen molar-refractivity contribution < 1.29 is 0 Å². The molecule has 2 aromatic rings. The van der Waals surface area contributed by atoms with Crippen LogP contribution in [0.5, 0.6) is 0 Å². The molecule has 0 N–H and O–H groups in total. The first-order valence-corrected chi connectivity index (χ1v) is 7.38. The molecule has 16 heavy (non-hydrogen) atoms. The Balaban J connectivity index is 2.09. The molecule has 0 spiro atoms. The van der Waals surface area contributed by atoms with Crippen LogP contribution in [0.4, 0.5) is 0 Å². The van der Waals surface area contributed by atoms with E-state index >= 15 is 0 Å². The van der Waals surface area contributed by atoms with Gasteiger partial charge in [0.25, 0.3) is 0 Å². The fourth-order valence-corrected chi connectivity index (χ4v) is 3.74. The van der Waals surface area contributed by atoms with Crippen molar-refractivity contribution in [1.29, 1.82) is 0 Å². The van der Waals surface area contributed by atoms with Crippen LogP contribution in [0, 0.1) is 6.92 Å². The molecule has 0 fully saturated rings. The Bertz CT molecular complexity index is 431. The van der Waals surface area contributed by atoms with Crippen LogP contribution in [0.15, 0.2) is 54.6 Å². The standard InChI is InChI=1S/C15H16Se/c1-12-8-10-14(11-9-12)13(2)16-15-6-4-3-5-7-15/h3-11,13H,1-2H3/t13-/m0/s1. The Hall–Kier alpha value is -1.04. The minimum absolute atomic E-state index is 0.524. The quantitative estimate of drug-likeness (QED) is 0.755. The first-order chi connectivity index (χ1) is 7.75. The van der Waals surface area contributed by atoms with Crippen molar-refractivity contribution in [3.8, 4) is 0 Å². The zero-order chi connectivity index (χ0) is 11.4. The van der Waals surface area contributed by atoms with Crippen molar-refractivity contribution in [3.63, 3.8) is 0 Å². The van der Waals surface area contributed by atoms with Crippen LogP contribution in [0.25, 0.3) is 0 Å². The third-order valence-corrected chi connectivity index (χ3v) is 5.06. The second-order valence-corrected chi connectivity index (χ2v) is 6.95. The molecule has 0 amide bonds. The van der Waals surface area contributed by atoms with Crippen molar-refractivity contribution in [2.45, 2.75) is 18.7 Å². The molecule has 1 atom stereocenters. The van der Waals surface area contributed by atoms with Crippen LogP contribution in [0.2, 0.25) is 0 Å². The van der Waals surface area contributed by atoms with Gasteiger partial charge in [-0.2, -0.15) is 0 Å². The predicted octanol–water partition coefficient (Wildman–Crippen LogP) is 3.09. The maximum atomic E-state index is 2.32. The van der Waals surface area contributed by atoms with Gasteiger partial charge in [0, 0.05) is 0 Å². The average Bonchev–Trinajstić information content (AvgIpc) is 2.31. The second-order valence-electron chi connectivity index (χ2n) is 3.98. The third kappa shape index (κ3) is 2.98. The molecule has 1 heteroatoms. The number of benzene rings is 2. The van der Waals surface area contributed by atoms with Gasteiger partial charge >= 0.3 is 104 Å². The van der Waals surface area contributed by atoms with Crippen LogP contribution in [-0.4, -0.2) is 15.0 Å². The topological polar surface area (TPSA) is 0 Å². The fraction of sp³-hybridized carbons (Fsp3) is 0.200. The van der Waals surface area contributed by atoms with E-state index in [0.29, 0.717) is 19.8 Å². The first kappa shape index (κ1) is 11.4.